The standard InChI is InChI=1S/C25H25F4N3O3S/c1-14-10-15(6-9-22(14)36(2,34)35)24(33)31-18-5-3-4-17(12-18)30-21-13-23(25(27,28)29)32-20-8-7-16(26)11-19(20)21/h6-11,13,17-18H,3-5,12H2,1-2H3,(H,30,32)(H,31,33)/t17-,18+/m0/s1. The van der Waals surface area contributed by atoms with Crippen LogP contribution in [-0.4, -0.2) is 37.6 Å². The van der Waals surface area contributed by atoms with Gasteiger partial charge in [0.25, 0.3) is 5.91 Å². The summed E-state index contributed by atoms with van der Waals surface area (Å²) in [6, 6.07) is 8.18. The van der Waals surface area contributed by atoms with Gasteiger partial charge >= 0.3 is 6.18 Å². The number of alkyl halides is 3. The minimum absolute atomic E-state index is 0.0299. The molecule has 1 saturated carbocycles. The van der Waals surface area contributed by atoms with Gasteiger partial charge in [-0.05, 0) is 80.6 Å². The second-order valence-electron chi connectivity index (χ2n) is 9.14. The van der Waals surface area contributed by atoms with E-state index in [0.29, 0.717) is 30.4 Å². The highest BCUT2D eigenvalue weighted by Gasteiger charge is 2.34. The molecule has 1 heterocycles. The first kappa shape index (κ1) is 25.9. The van der Waals surface area contributed by atoms with Gasteiger partial charge in [-0.15, -0.1) is 0 Å². The van der Waals surface area contributed by atoms with Gasteiger partial charge in [-0.3, -0.25) is 4.79 Å². The van der Waals surface area contributed by atoms with Crippen LogP contribution in [0.5, 0.6) is 0 Å². The van der Waals surface area contributed by atoms with Crippen molar-refractivity contribution in [3.05, 3.63) is 65.1 Å². The lowest BCUT2D eigenvalue weighted by Gasteiger charge is -2.31. The lowest BCUT2D eigenvalue weighted by molar-refractivity contribution is -0.140. The first-order chi connectivity index (χ1) is 16.8. The Morgan fingerprint density at radius 2 is 1.78 bits per heavy atom. The van der Waals surface area contributed by atoms with E-state index in [1.165, 1.54) is 24.3 Å². The van der Waals surface area contributed by atoms with E-state index >= 15 is 0 Å². The highest BCUT2D eigenvalue weighted by molar-refractivity contribution is 7.90. The van der Waals surface area contributed by atoms with Gasteiger partial charge in [0, 0.05) is 35.0 Å². The van der Waals surface area contributed by atoms with Crippen LogP contribution in [0.4, 0.5) is 23.2 Å². The van der Waals surface area contributed by atoms with Gasteiger partial charge in [0.05, 0.1) is 10.4 Å². The van der Waals surface area contributed by atoms with Gasteiger partial charge in [0.2, 0.25) is 0 Å². The zero-order valence-electron chi connectivity index (χ0n) is 19.6. The lowest BCUT2D eigenvalue weighted by atomic mass is 9.90. The van der Waals surface area contributed by atoms with E-state index in [-0.39, 0.29) is 39.5 Å². The Bertz CT molecular complexity index is 1420. The van der Waals surface area contributed by atoms with Crippen LogP contribution < -0.4 is 10.6 Å². The molecule has 0 spiro atoms. The number of hydrogen-bond acceptors (Lipinski definition) is 5. The van der Waals surface area contributed by atoms with Crippen molar-refractivity contribution >= 4 is 32.3 Å². The minimum atomic E-state index is -4.66. The summed E-state index contributed by atoms with van der Waals surface area (Å²) in [5, 5.41) is 6.30. The SMILES string of the molecule is Cc1cc(C(=O)N[C@@H]2CCC[C@H](Nc3cc(C(F)(F)F)nc4ccc(F)cc34)C2)ccc1S(C)(=O)=O. The van der Waals surface area contributed by atoms with Gasteiger partial charge in [-0.1, -0.05) is 0 Å². The van der Waals surface area contributed by atoms with Crippen molar-refractivity contribution in [3.63, 3.8) is 0 Å². The molecule has 1 aliphatic carbocycles. The number of carbonyl (C=O) groups is 1. The van der Waals surface area contributed by atoms with E-state index in [2.05, 4.69) is 15.6 Å². The fraction of sp³-hybridized carbons (Fsp3) is 0.360. The van der Waals surface area contributed by atoms with Gasteiger partial charge < -0.3 is 10.6 Å². The van der Waals surface area contributed by atoms with Crippen molar-refractivity contribution in [1.29, 1.82) is 0 Å². The fourth-order valence-corrected chi connectivity index (χ4v) is 5.57. The Morgan fingerprint density at radius 1 is 1.06 bits per heavy atom. The average molecular weight is 524 g/mol. The number of sulfone groups is 1. The van der Waals surface area contributed by atoms with Crippen LogP contribution in [0.25, 0.3) is 10.9 Å². The van der Waals surface area contributed by atoms with Gasteiger partial charge in [-0.2, -0.15) is 13.2 Å². The number of nitrogens with one attached hydrogen (secondary N) is 2. The third-order valence-electron chi connectivity index (χ3n) is 6.27. The van der Waals surface area contributed by atoms with Crippen LogP contribution in [0, 0.1) is 12.7 Å². The molecule has 1 aromatic heterocycles. The number of aryl methyl sites for hydroxylation is 1. The molecule has 2 aromatic carbocycles. The Morgan fingerprint density at radius 3 is 2.44 bits per heavy atom. The second-order valence-corrected chi connectivity index (χ2v) is 11.1. The summed E-state index contributed by atoms with van der Waals surface area (Å²) < 4.78 is 77.7. The first-order valence-corrected chi connectivity index (χ1v) is 13.3. The van der Waals surface area contributed by atoms with E-state index < -0.39 is 27.5 Å². The second kappa shape index (κ2) is 9.68. The molecule has 2 atom stereocenters. The maximum Gasteiger partial charge on any atom is 0.433 e. The van der Waals surface area contributed by atoms with Crippen LogP contribution >= 0.6 is 0 Å². The van der Waals surface area contributed by atoms with Crippen LogP contribution in [0.1, 0.15) is 47.3 Å². The fourth-order valence-electron chi connectivity index (χ4n) is 4.61. The molecule has 0 bridgehead atoms. The maximum absolute atomic E-state index is 13.9. The van der Waals surface area contributed by atoms with E-state index in [1.807, 2.05) is 0 Å². The number of carbonyl (C=O) groups excluding carboxylic acids is 1. The number of nitrogens with zero attached hydrogens (tertiary/aromatic N) is 1. The Hall–Kier alpha value is -3.21. The molecule has 192 valence electrons. The molecular weight excluding hydrogens is 498 g/mol. The molecule has 4 rings (SSSR count). The summed E-state index contributed by atoms with van der Waals surface area (Å²) in [5.74, 6) is -0.947. The van der Waals surface area contributed by atoms with Crippen LogP contribution in [-0.2, 0) is 16.0 Å². The molecule has 0 unspecified atom stereocenters. The Labute approximate surface area is 206 Å². The van der Waals surface area contributed by atoms with Crippen molar-refractivity contribution in [2.75, 3.05) is 11.6 Å². The summed E-state index contributed by atoms with van der Waals surface area (Å²) in [4.78, 5) is 16.6. The quantitative estimate of drug-likeness (QED) is 0.446. The van der Waals surface area contributed by atoms with Crippen molar-refractivity contribution in [3.8, 4) is 0 Å². The monoisotopic (exact) mass is 523 g/mol. The summed E-state index contributed by atoms with van der Waals surface area (Å²) in [7, 11) is -3.41. The molecule has 1 amide bonds. The van der Waals surface area contributed by atoms with Crippen LogP contribution in [0.15, 0.2) is 47.4 Å². The number of anilines is 1. The normalized spacial score (nSPS) is 18.7. The summed E-state index contributed by atoms with van der Waals surface area (Å²) in [5.41, 5.74) is -0.123. The number of rotatable bonds is 5. The molecule has 2 N–H and O–H groups in total. The lowest BCUT2D eigenvalue weighted by Crippen LogP contribution is -2.41. The molecular formula is C25H25F4N3O3S. The molecule has 36 heavy (non-hydrogen) atoms. The molecule has 6 nitrogen and oxygen atoms in total. The number of hydrogen-bond donors (Lipinski definition) is 2. The summed E-state index contributed by atoms with van der Waals surface area (Å²) >= 11 is 0. The first-order valence-electron chi connectivity index (χ1n) is 11.4. The van der Waals surface area contributed by atoms with Crippen molar-refractivity contribution in [2.24, 2.45) is 0 Å². The average Bonchev–Trinajstić information content (AvgIpc) is 2.78. The maximum atomic E-state index is 13.9. The highest BCUT2D eigenvalue weighted by Crippen LogP contribution is 2.34. The number of amides is 1. The summed E-state index contributed by atoms with van der Waals surface area (Å²) in [6.07, 6.45) is -1.04. The molecule has 0 aliphatic heterocycles. The van der Waals surface area contributed by atoms with E-state index in [0.717, 1.165) is 30.9 Å². The molecule has 11 heteroatoms. The van der Waals surface area contributed by atoms with Gasteiger partial charge in [0.15, 0.2) is 9.84 Å². The number of halogens is 4. The topological polar surface area (TPSA) is 88.2 Å². The number of benzene rings is 2. The molecule has 0 saturated heterocycles. The van der Waals surface area contributed by atoms with E-state index in [9.17, 15) is 30.8 Å². The smallest absolute Gasteiger partial charge is 0.382 e. The predicted octanol–water partition coefficient (Wildman–Crippen LogP) is 5.26. The molecule has 3 aromatic rings. The Kier molecular flexibility index (Phi) is 6.96. The zero-order valence-corrected chi connectivity index (χ0v) is 20.4. The third-order valence-corrected chi connectivity index (χ3v) is 7.52. The zero-order chi connectivity index (χ0) is 26.3. The largest absolute Gasteiger partial charge is 0.433 e. The highest BCUT2D eigenvalue weighted by atomic mass is 32.2. The molecule has 1 aliphatic rings. The van der Waals surface area contributed by atoms with Crippen molar-refractivity contribution < 1.29 is 30.8 Å². The van der Waals surface area contributed by atoms with Crippen LogP contribution in [0.3, 0.4) is 0 Å². The van der Waals surface area contributed by atoms with Crippen molar-refractivity contribution in [2.45, 2.75) is 55.8 Å². The summed E-state index contributed by atoms with van der Waals surface area (Å²) in [6.45, 7) is 1.62. The number of aromatic nitrogens is 1. The van der Waals surface area contributed by atoms with Gasteiger partial charge in [0.1, 0.15) is 11.5 Å². The van der Waals surface area contributed by atoms with Crippen molar-refractivity contribution in [1.82, 2.24) is 10.3 Å². The molecule has 1 fully saturated rings. The van der Waals surface area contributed by atoms with E-state index in [1.54, 1.807) is 6.92 Å². The van der Waals surface area contributed by atoms with E-state index in [4.69, 9.17) is 0 Å². The number of pyridine rings is 1. The molecule has 0 radical (unpaired) electrons. The minimum Gasteiger partial charge on any atom is -0.382 e. The number of fused-ring (bicyclic) bond motifs is 1. The Balaban J connectivity index is 1.51. The third kappa shape index (κ3) is 5.77. The van der Waals surface area contributed by atoms with Gasteiger partial charge in [-0.25, -0.2) is 17.8 Å². The predicted molar refractivity (Wildman–Crippen MR) is 128 cm³/mol. The van der Waals surface area contributed by atoms with Crippen LogP contribution in [0.2, 0.25) is 0 Å².